The fourth-order valence-electron chi connectivity index (χ4n) is 2.65. The molecule has 3 unspecified atom stereocenters. The highest BCUT2D eigenvalue weighted by Gasteiger charge is 2.57. The van der Waals surface area contributed by atoms with Crippen molar-refractivity contribution in [2.24, 2.45) is 17.6 Å². The Bertz CT molecular complexity index is 611. The molecule has 3 atom stereocenters. The molecule has 118 valence electrons. The van der Waals surface area contributed by atoms with Crippen LogP contribution >= 0.6 is 0 Å². The summed E-state index contributed by atoms with van der Waals surface area (Å²) in [6, 6.07) is 6.09. The molecule has 1 fully saturated rings. The molecule has 5 N–H and O–H groups in total. The van der Waals surface area contributed by atoms with Gasteiger partial charge >= 0.3 is 17.9 Å². The van der Waals surface area contributed by atoms with Gasteiger partial charge in [0.1, 0.15) is 5.54 Å². The lowest BCUT2D eigenvalue weighted by atomic mass is 9.86. The fourth-order valence-corrected chi connectivity index (χ4v) is 2.65. The zero-order valence-electron chi connectivity index (χ0n) is 11.7. The molecule has 0 saturated heterocycles. The molecular formula is C15H17NO6. The maximum Gasteiger partial charge on any atom is 0.335 e. The number of carboxylic acids is 3. The van der Waals surface area contributed by atoms with Crippen LogP contribution in [0.5, 0.6) is 0 Å². The first kappa shape index (κ1) is 16.0. The molecule has 0 spiro atoms. The second-order valence-electron chi connectivity index (χ2n) is 5.63. The topological polar surface area (TPSA) is 138 Å². The molecule has 7 nitrogen and oxygen atoms in total. The first-order chi connectivity index (χ1) is 10.3. The molecule has 0 bridgehead atoms. The Balaban J connectivity index is 2.05. The third-order valence-electron chi connectivity index (χ3n) is 4.20. The smallest absolute Gasteiger partial charge is 0.335 e. The number of carboxylic acid groups (broad SMARTS) is 3. The van der Waals surface area contributed by atoms with E-state index in [0.717, 1.165) is 5.56 Å². The molecule has 1 aromatic rings. The number of rotatable bonds is 7. The standard InChI is InChI=1S/C15H17NO6/c16-15(14(21)22,11-7-10(11)13(19)20)6-5-8-1-3-9(4-2-8)12(17)18/h1-4,10-11H,5-7,16H2,(H,17,18)(H,19,20)(H,21,22). The van der Waals surface area contributed by atoms with E-state index in [2.05, 4.69) is 0 Å². The van der Waals surface area contributed by atoms with Crippen LogP contribution in [0.25, 0.3) is 0 Å². The summed E-state index contributed by atoms with van der Waals surface area (Å²) in [5.41, 5.74) is 5.27. The predicted octanol–water partition coefficient (Wildman–Crippen LogP) is 0.820. The molecule has 2 rings (SSSR count). The van der Waals surface area contributed by atoms with E-state index in [0.29, 0.717) is 6.42 Å². The van der Waals surface area contributed by atoms with E-state index >= 15 is 0 Å². The van der Waals surface area contributed by atoms with Crippen molar-refractivity contribution >= 4 is 17.9 Å². The zero-order chi connectivity index (χ0) is 16.5. The van der Waals surface area contributed by atoms with E-state index in [1.54, 1.807) is 12.1 Å². The lowest BCUT2D eigenvalue weighted by Crippen LogP contribution is -2.51. The van der Waals surface area contributed by atoms with Crippen LogP contribution in [0, 0.1) is 11.8 Å². The van der Waals surface area contributed by atoms with Crippen molar-refractivity contribution in [1.29, 1.82) is 0 Å². The van der Waals surface area contributed by atoms with Gasteiger partial charge in [0.25, 0.3) is 0 Å². The Morgan fingerprint density at radius 1 is 1.14 bits per heavy atom. The Morgan fingerprint density at radius 3 is 2.14 bits per heavy atom. The molecule has 0 radical (unpaired) electrons. The number of nitrogens with two attached hydrogens (primary N) is 1. The third-order valence-corrected chi connectivity index (χ3v) is 4.20. The second kappa shape index (κ2) is 5.76. The molecule has 0 heterocycles. The molecule has 0 aromatic heterocycles. The number of aromatic carboxylic acids is 1. The molecule has 1 aromatic carbocycles. The number of hydrogen-bond acceptors (Lipinski definition) is 4. The molecule has 7 heteroatoms. The van der Waals surface area contributed by atoms with Crippen LogP contribution in [0.2, 0.25) is 0 Å². The summed E-state index contributed by atoms with van der Waals surface area (Å²) in [6.45, 7) is 0. The van der Waals surface area contributed by atoms with Crippen LogP contribution in [-0.4, -0.2) is 38.8 Å². The Labute approximate surface area is 126 Å². The normalized spacial score (nSPS) is 22.6. The third kappa shape index (κ3) is 3.09. The van der Waals surface area contributed by atoms with Gasteiger partial charge in [-0.3, -0.25) is 9.59 Å². The van der Waals surface area contributed by atoms with Gasteiger partial charge in [0, 0.05) is 5.92 Å². The molecule has 0 aliphatic heterocycles. The van der Waals surface area contributed by atoms with Crippen LogP contribution in [-0.2, 0) is 16.0 Å². The quantitative estimate of drug-likeness (QED) is 0.585. The molecule has 22 heavy (non-hydrogen) atoms. The lowest BCUT2D eigenvalue weighted by Gasteiger charge is -2.25. The average molecular weight is 307 g/mol. The Kier molecular flexibility index (Phi) is 4.18. The number of aryl methyl sites for hydroxylation is 1. The van der Waals surface area contributed by atoms with E-state index in [1.165, 1.54) is 12.1 Å². The summed E-state index contributed by atoms with van der Waals surface area (Å²) in [7, 11) is 0. The zero-order valence-corrected chi connectivity index (χ0v) is 11.7. The van der Waals surface area contributed by atoms with E-state index in [1.807, 2.05) is 0 Å². The van der Waals surface area contributed by atoms with Gasteiger partial charge in [0.05, 0.1) is 11.5 Å². The average Bonchev–Trinajstić information content (AvgIpc) is 3.26. The van der Waals surface area contributed by atoms with Crippen molar-refractivity contribution in [2.75, 3.05) is 0 Å². The first-order valence-corrected chi connectivity index (χ1v) is 6.83. The number of benzene rings is 1. The first-order valence-electron chi connectivity index (χ1n) is 6.83. The summed E-state index contributed by atoms with van der Waals surface area (Å²) in [5, 5.41) is 27.1. The second-order valence-corrected chi connectivity index (χ2v) is 5.63. The fraction of sp³-hybridized carbons (Fsp3) is 0.400. The number of aliphatic carboxylic acids is 2. The van der Waals surface area contributed by atoms with Crippen LogP contribution in [0.1, 0.15) is 28.8 Å². The minimum absolute atomic E-state index is 0.100. The highest BCUT2D eigenvalue weighted by molar-refractivity contribution is 5.87. The highest BCUT2D eigenvalue weighted by atomic mass is 16.4. The van der Waals surface area contributed by atoms with Crippen molar-refractivity contribution in [3.05, 3.63) is 35.4 Å². The summed E-state index contributed by atoms with van der Waals surface area (Å²) in [4.78, 5) is 33.1. The van der Waals surface area contributed by atoms with Gasteiger partial charge < -0.3 is 21.1 Å². The lowest BCUT2D eigenvalue weighted by molar-refractivity contribution is -0.145. The van der Waals surface area contributed by atoms with Gasteiger partial charge in [-0.2, -0.15) is 0 Å². The monoisotopic (exact) mass is 307 g/mol. The van der Waals surface area contributed by atoms with Crippen molar-refractivity contribution in [3.8, 4) is 0 Å². The molecule has 1 aliphatic carbocycles. The molecular weight excluding hydrogens is 290 g/mol. The van der Waals surface area contributed by atoms with Gasteiger partial charge in [-0.1, -0.05) is 12.1 Å². The van der Waals surface area contributed by atoms with Crippen LogP contribution in [0.4, 0.5) is 0 Å². The molecule has 1 aliphatic rings. The van der Waals surface area contributed by atoms with Crippen molar-refractivity contribution < 1.29 is 29.7 Å². The van der Waals surface area contributed by atoms with Gasteiger partial charge in [0.15, 0.2) is 0 Å². The number of carbonyl (C=O) groups is 3. The summed E-state index contributed by atoms with van der Waals surface area (Å²) in [6.07, 6.45) is 0.713. The minimum atomic E-state index is -1.57. The van der Waals surface area contributed by atoms with Gasteiger partial charge in [-0.15, -0.1) is 0 Å². The Morgan fingerprint density at radius 2 is 1.73 bits per heavy atom. The Hall–Kier alpha value is -2.41. The molecule has 0 amide bonds. The summed E-state index contributed by atoms with van der Waals surface area (Å²) >= 11 is 0. The van der Waals surface area contributed by atoms with Crippen molar-refractivity contribution in [2.45, 2.75) is 24.8 Å². The van der Waals surface area contributed by atoms with E-state index in [9.17, 15) is 19.5 Å². The predicted molar refractivity (Wildman–Crippen MR) is 75.5 cm³/mol. The maximum atomic E-state index is 11.4. The van der Waals surface area contributed by atoms with Crippen LogP contribution in [0.3, 0.4) is 0 Å². The van der Waals surface area contributed by atoms with E-state index in [-0.39, 0.29) is 18.4 Å². The SMILES string of the molecule is NC(CCc1ccc(C(=O)O)cc1)(C(=O)O)C1CC1C(=O)O. The van der Waals surface area contributed by atoms with E-state index < -0.39 is 35.3 Å². The largest absolute Gasteiger partial charge is 0.481 e. The van der Waals surface area contributed by atoms with Crippen molar-refractivity contribution in [3.63, 3.8) is 0 Å². The maximum absolute atomic E-state index is 11.4. The van der Waals surface area contributed by atoms with Gasteiger partial charge in [0.2, 0.25) is 0 Å². The van der Waals surface area contributed by atoms with Crippen LogP contribution < -0.4 is 5.73 Å². The minimum Gasteiger partial charge on any atom is -0.481 e. The molecule has 1 saturated carbocycles. The van der Waals surface area contributed by atoms with Crippen LogP contribution in [0.15, 0.2) is 24.3 Å². The summed E-state index contributed by atoms with van der Waals surface area (Å²) < 4.78 is 0. The summed E-state index contributed by atoms with van der Waals surface area (Å²) in [5.74, 6) is -4.53. The number of hydrogen-bond donors (Lipinski definition) is 4. The van der Waals surface area contributed by atoms with E-state index in [4.69, 9.17) is 15.9 Å². The highest BCUT2D eigenvalue weighted by Crippen LogP contribution is 2.47. The van der Waals surface area contributed by atoms with Gasteiger partial charge in [-0.05, 0) is 37.0 Å². The van der Waals surface area contributed by atoms with Gasteiger partial charge in [-0.25, -0.2) is 4.79 Å². The van der Waals surface area contributed by atoms with Crippen molar-refractivity contribution in [1.82, 2.24) is 0 Å².